The molecule has 1 aliphatic heterocycles. The van der Waals surface area contributed by atoms with Crippen molar-refractivity contribution in [3.8, 4) is 0 Å². The van der Waals surface area contributed by atoms with Crippen molar-refractivity contribution in [2.75, 3.05) is 13.1 Å². The summed E-state index contributed by atoms with van der Waals surface area (Å²) in [5.74, 6) is 1.17. The minimum atomic E-state index is -0.205. The number of aryl methyl sites for hydroxylation is 1. The fourth-order valence-electron chi connectivity index (χ4n) is 2.79. The molecule has 2 rings (SSSR count). The third kappa shape index (κ3) is 4.81. The van der Waals surface area contributed by atoms with E-state index < -0.39 is 0 Å². The number of rotatable bonds is 6. The van der Waals surface area contributed by atoms with Gasteiger partial charge in [0.15, 0.2) is 12.1 Å². The van der Waals surface area contributed by atoms with E-state index in [0.29, 0.717) is 43.2 Å². The minimum absolute atomic E-state index is 0.0110. The van der Waals surface area contributed by atoms with Crippen molar-refractivity contribution in [2.45, 2.75) is 58.9 Å². The Morgan fingerprint density at radius 2 is 2.26 bits per heavy atom. The van der Waals surface area contributed by atoms with Crippen molar-refractivity contribution in [3.05, 3.63) is 17.8 Å². The zero-order chi connectivity index (χ0) is 16.8. The quantitative estimate of drug-likeness (QED) is 0.873. The number of likely N-dealkylation sites (tertiary alicyclic amines) is 1. The highest BCUT2D eigenvalue weighted by molar-refractivity contribution is 5.93. The molecule has 1 unspecified atom stereocenters. The lowest BCUT2D eigenvalue weighted by molar-refractivity contribution is -0.130. The maximum Gasteiger partial charge on any atom is 0.273 e. The van der Waals surface area contributed by atoms with Crippen LogP contribution in [0.25, 0.3) is 0 Å². The molecule has 0 bridgehead atoms. The van der Waals surface area contributed by atoms with Crippen LogP contribution in [0.3, 0.4) is 0 Å². The van der Waals surface area contributed by atoms with E-state index in [4.69, 9.17) is 4.42 Å². The van der Waals surface area contributed by atoms with Crippen molar-refractivity contribution in [1.29, 1.82) is 0 Å². The zero-order valence-electron chi connectivity index (χ0n) is 14.3. The highest BCUT2D eigenvalue weighted by atomic mass is 16.3. The molecule has 0 radical (unpaired) electrons. The summed E-state index contributed by atoms with van der Waals surface area (Å²) < 4.78 is 5.20. The van der Waals surface area contributed by atoms with Crippen LogP contribution in [0.2, 0.25) is 0 Å². The van der Waals surface area contributed by atoms with Crippen LogP contribution in [0.15, 0.2) is 10.8 Å². The maximum absolute atomic E-state index is 12.3. The number of hydrogen-bond acceptors (Lipinski definition) is 4. The van der Waals surface area contributed by atoms with Gasteiger partial charge in [-0.15, -0.1) is 0 Å². The van der Waals surface area contributed by atoms with Crippen LogP contribution in [0, 0.1) is 5.92 Å². The average Bonchev–Trinajstić information content (AvgIpc) is 2.93. The van der Waals surface area contributed by atoms with Crippen molar-refractivity contribution in [1.82, 2.24) is 15.2 Å². The zero-order valence-corrected chi connectivity index (χ0v) is 14.3. The number of amides is 2. The van der Waals surface area contributed by atoms with Crippen molar-refractivity contribution in [3.63, 3.8) is 0 Å². The molecule has 1 aromatic heterocycles. The van der Waals surface area contributed by atoms with Gasteiger partial charge < -0.3 is 14.6 Å². The molecular weight excluding hydrogens is 294 g/mol. The molecule has 128 valence electrons. The van der Waals surface area contributed by atoms with Crippen LogP contribution in [-0.2, 0) is 11.2 Å². The molecule has 1 aromatic rings. The first kappa shape index (κ1) is 17.5. The monoisotopic (exact) mass is 321 g/mol. The van der Waals surface area contributed by atoms with Crippen LogP contribution >= 0.6 is 0 Å². The van der Waals surface area contributed by atoms with E-state index in [0.717, 1.165) is 19.4 Å². The first-order valence-electron chi connectivity index (χ1n) is 8.52. The normalized spacial score (nSPS) is 19.0. The van der Waals surface area contributed by atoms with Gasteiger partial charge in [-0.1, -0.05) is 20.8 Å². The minimum Gasteiger partial charge on any atom is -0.448 e. The molecule has 6 heteroatoms. The molecule has 0 spiro atoms. The van der Waals surface area contributed by atoms with E-state index >= 15 is 0 Å². The third-order valence-electron chi connectivity index (χ3n) is 4.30. The number of nitrogens with one attached hydrogen (secondary N) is 1. The second-order valence-corrected chi connectivity index (χ2v) is 6.54. The summed E-state index contributed by atoms with van der Waals surface area (Å²) in [6.45, 7) is 7.76. The lowest BCUT2D eigenvalue weighted by Crippen LogP contribution is -2.36. The molecule has 1 saturated heterocycles. The van der Waals surface area contributed by atoms with Gasteiger partial charge in [0.25, 0.3) is 5.91 Å². The van der Waals surface area contributed by atoms with Crippen molar-refractivity contribution >= 4 is 11.8 Å². The van der Waals surface area contributed by atoms with Gasteiger partial charge in [-0.2, -0.15) is 0 Å². The summed E-state index contributed by atoms with van der Waals surface area (Å²) in [5.41, 5.74) is 0.361. The van der Waals surface area contributed by atoms with Crippen LogP contribution in [0.1, 0.15) is 62.7 Å². The lowest BCUT2D eigenvalue weighted by Gasteiger charge is -2.22. The number of carbonyl (C=O) groups excluding carboxylic acids is 2. The van der Waals surface area contributed by atoms with E-state index in [1.165, 1.54) is 6.39 Å². The van der Waals surface area contributed by atoms with Gasteiger partial charge in [-0.05, 0) is 25.2 Å². The van der Waals surface area contributed by atoms with E-state index in [1.807, 2.05) is 11.8 Å². The molecule has 2 heterocycles. The highest BCUT2D eigenvalue weighted by Crippen LogP contribution is 2.15. The SMILES string of the molecule is CCc1ocnc1C(=O)NC1CCC(=O)N(CCC(C)C)CC1. The molecule has 0 aliphatic carbocycles. The van der Waals surface area contributed by atoms with Gasteiger partial charge in [0, 0.05) is 32.0 Å². The predicted octanol–water partition coefficient (Wildman–Crippen LogP) is 2.39. The first-order chi connectivity index (χ1) is 11.0. The van der Waals surface area contributed by atoms with Gasteiger partial charge in [-0.25, -0.2) is 4.98 Å². The number of carbonyl (C=O) groups is 2. The predicted molar refractivity (Wildman–Crippen MR) is 87.0 cm³/mol. The Kier molecular flexibility index (Phi) is 6.19. The Bertz CT molecular complexity index is 539. The maximum atomic E-state index is 12.3. The summed E-state index contributed by atoms with van der Waals surface area (Å²) in [4.78, 5) is 30.4. The Morgan fingerprint density at radius 3 is 2.96 bits per heavy atom. The molecule has 0 saturated carbocycles. The van der Waals surface area contributed by atoms with E-state index in [1.54, 1.807) is 0 Å². The van der Waals surface area contributed by atoms with Crippen LogP contribution in [-0.4, -0.2) is 40.8 Å². The molecule has 23 heavy (non-hydrogen) atoms. The van der Waals surface area contributed by atoms with E-state index in [2.05, 4.69) is 24.1 Å². The summed E-state index contributed by atoms with van der Waals surface area (Å²) in [6, 6.07) is 0.0110. The summed E-state index contributed by atoms with van der Waals surface area (Å²) >= 11 is 0. The molecule has 2 amide bonds. The smallest absolute Gasteiger partial charge is 0.273 e. The summed E-state index contributed by atoms with van der Waals surface area (Å²) in [7, 11) is 0. The highest BCUT2D eigenvalue weighted by Gasteiger charge is 2.25. The second kappa shape index (κ2) is 8.13. The first-order valence-corrected chi connectivity index (χ1v) is 8.52. The summed E-state index contributed by atoms with van der Waals surface area (Å²) in [5, 5.41) is 3.00. The second-order valence-electron chi connectivity index (χ2n) is 6.54. The fraction of sp³-hybridized carbons (Fsp3) is 0.706. The van der Waals surface area contributed by atoms with Crippen LogP contribution < -0.4 is 5.32 Å². The van der Waals surface area contributed by atoms with E-state index in [-0.39, 0.29) is 17.9 Å². The number of aromatic nitrogens is 1. The van der Waals surface area contributed by atoms with Gasteiger partial charge in [0.05, 0.1) is 0 Å². The summed E-state index contributed by atoms with van der Waals surface area (Å²) in [6.07, 6.45) is 4.91. The van der Waals surface area contributed by atoms with Gasteiger partial charge in [0.2, 0.25) is 5.91 Å². The Labute approximate surface area is 137 Å². The number of oxazole rings is 1. The molecule has 1 atom stereocenters. The van der Waals surface area contributed by atoms with Crippen LogP contribution in [0.5, 0.6) is 0 Å². The Balaban J connectivity index is 1.90. The van der Waals surface area contributed by atoms with Gasteiger partial charge in [-0.3, -0.25) is 9.59 Å². The fourth-order valence-corrected chi connectivity index (χ4v) is 2.79. The Morgan fingerprint density at radius 1 is 1.48 bits per heavy atom. The number of hydrogen-bond donors (Lipinski definition) is 1. The van der Waals surface area contributed by atoms with Gasteiger partial charge in [0.1, 0.15) is 5.76 Å². The molecule has 6 nitrogen and oxygen atoms in total. The van der Waals surface area contributed by atoms with E-state index in [9.17, 15) is 9.59 Å². The topological polar surface area (TPSA) is 75.4 Å². The number of nitrogens with zero attached hydrogens (tertiary/aromatic N) is 2. The van der Waals surface area contributed by atoms with Crippen molar-refractivity contribution < 1.29 is 14.0 Å². The molecule has 1 fully saturated rings. The van der Waals surface area contributed by atoms with Gasteiger partial charge >= 0.3 is 0 Å². The standard InChI is InChI=1S/C17H27N3O3/c1-4-14-16(18-11-23-14)17(22)19-13-5-6-15(21)20(10-8-13)9-7-12(2)3/h11-13H,4-10H2,1-3H3,(H,19,22). The third-order valence-corrected chi connectivity index (χ3v) is 4.30. The average molecular weight is 321 g/mol. The molecular formula is C17H27N3O3. The largest absolute Gasteiger partial charge is 0.448 e. The molecule has 1 aliphatic rings. The molecule has 1 N–H and O–H groups in total. The van der Waals surface area contributed by atoms with Crippen LogP contribution in [0.4, 0.5) is 0 Å². The lowest BCUT2D eigenvalue weighted by atomic mass is 10.1. The van der Waals surface area contributed by atoms with Crippen molar-refractivity contribution in [2.24, 2.45) is 5.92 Å². The molecule has 0 aromatic carbocycles. The Hall–Kier alpha value is -1.85.